The highest BCUT2D eigenvalue weighted by Crippen LogP contribution is 2.31. The first-order valence-electron chi connectivity index (χ1n) is 8.95. The molecule has 2 aromatic heterocycles. The van der Waals surface area contributed by atoms with Gasteiger partial charge in [0.25, 0.3) is 10.0 Å². The van der Waals surface area contributed by atoms with E-state index in [-0.39, 0.29) is 15.9 Å². The van der Waals surface area contributed by atoms with Crippen LogP contribution in [0.5, 0.6) is 0 Å². The second-order valence-corrected chi connectivity index (χ2v) is 10.9. The number of benzene rings is 1. The van der Waals surface area contributed by atoms with E-state index in [2.05, 4.69) is 10.3 Å². The molecule has 1 N–H and O–H groups in total. The normalized spacial score (nSPS) is 17.5. The van der Waals surface area contributed by atoms with Crippen LogP contribution in [0.3, 0.4) is 0 Å². The third kappa shape index (κ3) is 4.11. The first-order chi connectivity index (χ1) is 13.8. The third-order valence-electron chi connectivity index (χ3n) is 4.66. The second kappa shape index (κ2) is 7.94. The highest BCUT2D eigenvalue weighted by molar-refractivity contribution is 7.91. The number of carbonyl (C=O) groups excluding carboxylic acids is 1. The van der Waals surface area contributed by atoms with Gasteiger partial charge in [-0.2, -0.15) is 4.31 Å². The van der Waals surface area contributed by atoms with Crippen molar-refractivity contribution in [2.75, 3.05) is 11.9 Å². The number of rotatable bonds is 5. The number of aryl methyl sites for hydroxylation is 1. The molecule has 152 valence electrons. The van der Waals surface area contributed by atoms with Crippen LogP contribution in [0.4, 0.5) is 9.52 Å². The molecule has 0 saturated carbocycles. The molecule has 6 nitrogen and oxygen atoms in total. The molecule has 0 spiro atoms. The van der Waals surface area contributed by atoms with Crippen LogP contribution >= 0.6 is 22.7 Å². The van der Waals surface area contributed by atoms with Crippen LogP contribution < -0.4 is 5.32 Å². The Morgan fingerprint density at radius 1 is 1.24 bits per heavy atom. The molecule has 1 aliphatic heterocycles. The Morgan fingerprint density at radius 2 is 2.00 bits per heavy atom. The van der Waals surface area contributed by atoms with E-state index in [0.717, 1.165) is 10.4 Å². The predicted octanol–water partition coefficient (Wildman–Crippen LogP) is 4.11. The van der Waals surface area contributed by atoms with Gasteiger partial charge in [-0.3, -0.25) is 4.79 Å². The summed E-state index contributed by atoms with van der Waals surface area (Å²) in [5.74, 6) is -0.722. The smallest absolute Gasteiger partial charge is 0.253 e. The Hall–Kier alpha value is -2.14. The number of sulfonamides is 1. The first kappa shape index (κ1) is 20.1. The number of thiazole rings is 1. The summed E-state index contributed by atoms with van der Waals surface area (Å²) in [6.45, 7) is 2.16. The molecule has 1 atom stereocenters. The van der Waals surface area contributed by atoms with Gasteiger partial charge in [0, 0.05) is 22.4 Å². The predicted molar refractivity (Wildman–Crippen MR) is 112 cm³/mol. The van der Waals surface area contributed by atoms with Crippen molar-refractivity contribution in [1.82, 2.24) is 9.29 Å². The van der Waals surface area contributed by atoms with E-state index in [1.165, 1.54) is 39.1 Å². The fraction of sp³-hybridized carbons (Fsp3) is 0.263. The molecule has 1 aromatic carbocycles. The number of thiophene rings is 1. The average molecular weight is 452 g/mol. The number of carbonyl (C=O) groups is 1. The molecule has 1 amide bonds. The zero-order chi connectivity index (χ0) is 20.6. The van der Waals surface area contributed by atoms with E-state index in [1.54, 1.807) is 29.6 Å². The minimum absolute atomic E-state index is 0.252. The lowest BCUT2D eigenvalue weighted by atomic mass is 10.2. The quantitative estimate of drug-likeness (QED) is 0.633. The topological polar surface area (TPSA) is 79.4 Å². The fourth-order valence-corrected chi connectivity index (χ4v) is 7.02. The molecule has 3 heterocycles. The van der Waals surface area contributed by atoms with E-state index in [0.29, 0.717) is 30.2 Å². The summed E-state index contributed by atoms with van der Waals surface area (Å²) in [7, 11) is -3.71. The van der Waals surface area contributed by atoms with Gasteiger partial charge in [-0.15, -0.1) is 22.7 Å². The van der Waals surface area contributed by atoms with E-state index >= 15 is 0 Å². The monoisotopic (exact) mass is 451 g/mol. The molecule has 10 heteroatoms. The lowest BCUT2D eigenvalue weighted by molar-refractivity contribution is -0.119. The number of halogens is 1. The van der Waals surface area contributed by atoms with Crippen LogP contribution in [0, 0.1) is 12.7 Å². The van der Waals surface area contributed by atoms with Crippen LogP contribution in [0.25, 0.3) is 11.3 Å². The molecule has 0 radical (unpaired) electrons. The van der Waals surface area contributed by atoms with Crippen LogP contribution in [-0.4, -0.2) is 36.2 Å². The fourth-order valence-electron chi connectivity index (χ4n) is 3.23. The zero-order valence-electron chi connectivity index (χ0n) is 15.5. The molecule has 1 unspecified atom stereocenters. The minimum Gasteiger partial charge on any atom is -0.301 e. The molecule has 29 heavy (non-hydrogen) atoms. The van der Waals surface area contributed by atoms with Crippen molar-refractivity contribution in [3.05, 3.63) is 52.5 Å². The number of anilines is 1. The van der Waals surface area contributed by atoms with Gasteiger partial charge >= 0.3 is 0 Å². The van der Waals surface area contributed by atoms with Gasteiger partial charge in [-0.1, -0.05) is 0 Å². The van der Waals surface area contributed by atoms with Crippen molar-refractivity contribution >= 4 is 43.7 Å². The summed E-state index contributed by atoms with van der Waals surface area (Å²) in [5, 5.41) is 4.88. The van der Waals surface area contributed by atoms with Crippen molar-refractivity contribution in [3.8, 4) is 11.3 Å². The minimum atomic E-state index is -3.71. The molecule has 1 aliphatic rings. The van der Waals surface area contributed by atoms with Crippen LogP contribution in [0.15, 0.2) is 46.0 Å². The molecular weight excluding hydrogens is 433 g/mol. The first-order valence-corrected chi connectivity index (χ1v) is 12.1. The van der Waals surface area contributed by atoms with Crippen LogP contribution in [0.2, 0.25) is 0 Å². The standard InChI is InChI=1S/C19H18FN3O3S3/c1-12-4-9-17(28-12)29(25,26)23-10-2-3-16(23)18(24)22-19-21-15(11-27-19)13-5-7-14(20)8-6-13/h4-9,11,16H,2-3,10H2,1H3,(H,21,22,24). The Labute approximate surface area is 176 Å². The van der Waals surface area contributed by atoms with Gasteiger partial charge in [0.05, 0.1) is 5.69 Å². The van der Waals surface area contributed by atoms with E-state index in [1.807, 2.05) is 6.92 Å². The number of nitrogens with zero attached hydrogens (tertiary/aromatic N) is 2. The number of nitrogens with one attached hydrogen (secondary N) is 1. The lowest BCUT2D eigenvalue weighted by Gasteiger charge is -2.22. The van der Waals surface area contributed by atoms with Gasteiger partial charge < -0.3 is 5.32 Å². The molecule has 0 aliphatic carbocycles. The van der Waals surface area contributed by atoms with Gasteiger partial charge in [0.1, 0.15) is 16.1 Å². The Balaban J connectivity index is 1.50. The number of hydrogen-bond acceptors (Lipinski definition) is 6. The zero-order valence-corrected chi connectivity index (χ0v) is 17.9. The Kier molecular flexibility index (Phi) is 5.52. The highest BCUT2D eigenvalue weighted by atomic mass is 32.2. The van der Waals surface area contributed by atoms with Crippen molar-refractivity contribution in [1.29, 1.82) is 0 Å². The van der Waals surface area contributed by atoms with Gasteiger partial charge in [0.15, 0.2) is 5.13 Å². The van der Waals surface area contributed by atoms with Gasteiger partial charge in [-0.25, -0.2) is 17.8 Å². The Bertz CT molecular complexity index is 1140. The summed E-state index contributed by atoms with van der Waals surface area (Å²) in [6.07, 6.45) is 1.09. The summed E-state index contributed by atoms with van der Waals surface area (Å²) < 4.78 is 40.5. The number of hydrogen-bond donors (Lipinski definition) is 1. The van der Waals surface area contributed by atoms with Crippen LogP contribution in [-0.2, 0) is 14.8 Å². The van der Waals surface area contributed by atoms with Crippen molar-refractivity contribution in [3.63, 3.8) is 0 Å². The summed E-state index contributed by atoms with van der Waals surface area (Å²) in [5.41, 5.74) is 1.36. The summed E-state index contributed by atoms with van der Waals surface area (Å²) in [6, 6.07) is 8.50. The van der Waals surface area contributed by atoms with Gasteiger partial charge in [-0.05, 0) is 56.2 Å². The summed E-state index contributed by atoms with van der Waals surface area (Å²) >= 11 is 2.44. The number of aromatic nitrogens is 1. The third-order valence-corrected chi connectivity index (χ3v) is 8.79. The molecule has 1 saturated heterocycles. The van der Waals surface area contributed by atoms with E-state index in [4.69, 9.17) is 0 Å². The molecule has 0 bridgehead atoms. The molecular formula is C19H18FN3O3S3. The SMILES string of the molecule is Cc1ccc(S(=O)(=O)N2CCCC2C(=O)Nc2nc(-c3ccc(F)cc3)cs2)s1. The maximum Gasteiger partial charge on any atom is 0.253 e. The van der Waals surface area contributed by atoms with E-state index in [9.17, 15) is 17.6 Å². The van der Waals surface area contributed by atoms with Crippen LogP contribution in [0.1, 0.15) is 17.7 Å². The average Bonchev–Trinajstić information content (AvgIpc) is 3.42. The van der Waals surface area contributed by atoms with Gasteiger partial charge in [0.2, 0.25) is 5.91 Å². The van der Waals surface area contributed by atoms with Crippen molar-refractivity contribution in [2.24, 2.45) is 0 Å². The lowest BCUT2D eigenvalue weighted by Crippen LogP contribution is -2.42. The highest BCUT2D eigenvalue weighted by Gasteiger charge is 2.40. The van der Waals surface area contributed by atoms with Crippen molar-refractivity contribution < 1.29 is 17.6 Å². The summed E-state index contributed by atoms with van der Waals surface area (Å²) in [4.78, 5) is 18.1. The number of amides is 1. The largest absolute Gasteiger partial charge is 0.301 e. The molecule has 4 rings (SSSR count). The Morgan fingerprint density at radius 3 is 2.69 bits per heavy atom. The van der Waals surface area contributed by atoms with Crippen molar-refractivity contribution in [2.45, 2.75) is 30.0 Å². The maximum atomic E-state index is 13.1. The van der Waals surface area contributed by atoms with E-state index < -0.39 is 16.1 Å². The molecule has 3 aromatic rings. The maximum absolute atomic E-state index is 13.1. The molecule has 1 fully saturated rings. The second-order valence-electron chi connectivity index (χ2n) is 6.67.